The van der Waals surface area contributed by atoms with Gasteiger partial charge in [0.15, 0.2) is 0 Å². The molecule has 0 heterocycles. The second-order valence-electron chi connectivity index (χ2n) is 7.67. The van der Waals surface area contributed by atoms with E-state index < -0.39 is 12.0 Å². The molecular formula is C26H28N2O3. The van der Waals surface area contributed by atoms with Crippen molar-refractivity contribution in [2.75, 3.05) is 12.4 Å². The quantitative estimate of drug-likeness (QED) is 0.564. The number of ether oxygens (including phenoxy) is 1. The van der Waals surface area contributed by atoms with Crippen LogP contribution in [0.5, 0.6) is 5.75 Å². The molecule has 3 aromatic carbocycles. The fourth-order valence-corrected chi connectivity index (χ4v) is 3.52. The number of carbonyl (C=O) groups is 2. The lowest BCUT2D eigenvalue weighted by atomic mass is 9.89. The highest BCUT2D eigenvalue weighted by Gasteiger charge is 2.30. The minimum Gasteiger partial charge on any atom is -0.495 e. The van der Waals surface area contributed by atoms with Crippen molar-refractivity contribution in [2.24, 2.45) is 5.92 Å². The van der Waals surface area contributed by atoms with Crippen molar-refractivity contribution in [1.29, 1.82) is 0 Å². The minimum atomic E-state index is -0.702. The van der Waals surface area contributed by atoms with E-state index in [2.05, 4.69) is 10.6 Å². The van der Waals surface area contributed by atoms with Crippen molar-refractivity contribution in [3.05, 3.63) is 96.1 Å². The van der Waals surface area contributed by atoms with Crippen LogP contribution in [0, 0.1) is 5.92 Å². The second kappa shape index (κ2) is 10.4. The highest BCUT2D eigenvalue weighted by Crippen LogP contribution is 2.26. The van der Waals surface area contributed by atoms with Crippen LogP contribution in [0.15, 0.2) is 84.9 Å². The predicted molar refractivity (Wildman–Crippen MR) is 123 cm³/mol. The molecule has 0 aromatic heterocycles. The first kappa shape index (κ1) is 22.1. The number of hydrogen-bond donors (Lipinski definition) is 2. The predicted octanol–water partition coefficient (Wildman–Crippen LogP) is 4.61. The van der Waals surface area contributed by atoms with Gasteiger partial charge in [-0.15, -0.1) is 0 Å². The average molecular weight is 417 g/mol. The topological polar surface area (TPSA) is 67.4 Å². The van der Waals surface area contributed by atoms with Crippen molar-refractivity contribution in [3.8, 4) is 5.75 Å². The molecule has 0 spiro atoms. The number of anilines is 1. The van der Waals surface area contributed by atoms with Crippen LogP contribution >= 0.6 is 0 Å². The third kappa shape index (κ3) is 5.51. The number of rotatable bonds is 8. The molecule has 1 atom stereocenters. The number of amides is 2. The lowest BCUT2D eigenvalue weighted by Gasteiger charge is -2.25. The van der Waals surface area contributed by atoms with E-state index in [9.17, 15) is 9.59 Å². The van der Waals surface area contributed by atoms with Gasteiger partial charge in [-0.3, -0.25) is 9.59 Å². The number of methoxy groups -OCH3 is 1. The Bertz CT molecular complexity index is 964. The molecule has 0 fully saturated rings. The van der Waals surface area contributed by atoms with Gasteiger partial charge in [-0.2, -0.15) is 0 Å². The van der Waals surface area contributed by atoms with Crippen LogP contribution in [-0.2, 0) is 9.59 Å². The van der Waals surface area contributed by atoms with E-state index in [0.717, 1.165) is 11.1 Å². The Kier molecular flexibility index (Phi) is 7.44. The highest BCUT2D eigenvalue weighted by atomic mass is 16.5. The molecule has 5 heteroatoms. The van der Waals surface area contributed by atoms with Crippen LogP contribution in [0.25, 0.3) is 0 Å². The molecule has 0 radical (unpaired) electrons. The highest BCUT2D eigenvalue weighted by molar-refractivity contribution is 5.99. The van der Waals surface area contributed by atoms with Gasteiger partial charge in [0.05, 0.1) is 18.7 Å². The van der Waals surface area contributed by atoms with Crippen LogP contribution < -0.4 is 15.4 Å². The molecular weight excluding hydrogens is 388 g/mol. The molecule has 0 saturated heterocycles. The lowest BCUT2D eigenvalue weighted by Crippen LogP contribution is -2.48. The first-order chi connectivity index (χ1) is 15.0. The number of hydrogen-bond acceptors (Lipinski definition) is 3. The molecule has 31 heavy (non-hydrogen) atoms. The summed E-state index contributed by atoms with van der Waals surface area (Å²) in [7, 11) is 1.55. The van der Waals surface area contributed by atoms with E-state index in [4.69, 9.17) is 4.74 Å². The lowest BCUT2D eigenvalue weighted by molar-refractivity contribution is -0.127. The molecule has 3 aromatic rings. The monoisotopic (exact) mass is 416 g/mol. The van der Waals surface area contributed by atoms with Crippen LogP contribution in [0.3, 0.4) is 0 Å². The maximum absolute atomic E-state index is 13.4. The van der Waals surface area contributed by atoms with Crippen LogP contribution in [0.1, 0.15) is 30.9 Å². The fraction of sp³-hybridized carbons (Fsp3) is 0.231. The van der Waals surface area contributed by atoms with Gasteiger partial charge in [0, 0.05) is 0 Å². The summed E-state index contributed by atoms with van der Waals surface area (Å²) in [6, 6.07) is 25.7. The summed E-state index contributed by atoms with van der Waals surface area (Å²) in [5.74, 6) is -0.552. The molecule has 0 aliphatic rings. The van der Waals surface area contributed by atoms with Gasteiger partial charge in [0.1, 0.15) is 11.8 Å². The summed E-state index contributed by atoms with van der Waals surface area (Å²) in [6.45, 7) is 3.82. The second-order valence-corrected chi connectivity index (χ2v) is 7.67. The van der Waals surface area contributed by atoms with Crippen molar-refractivity contribution in [2.45, 2.75) is 25.8 Å². The van der Waals surface area contributed by atoms with Gasteiger partial charge < -0.3 is 15.4 Å². The molecule has 0 aliphatic heterocycles. The van der Waals surface area contributed by atoms with Gasteiger partial charge >= 0.3 is 0 Å². The molecule has 160 valence electrons. The van der Waals surface area contributed by atoms with E-state index in [0.29, 0.717) is 11.4 Å². The summed E-state index contributed by atoms with van der Waals surface area (Å²) in [4.78, 5) is 26.5. The number of nitrogens with one attached hydrogen (secondary N) is 2. The van der Waals surface area contributed by atoms with E-state index in [-0.39, 0.29) is 17.7 Å². The Hall–Kier alpha value is -3.60. The summed E-state index contributed by atoms with van der Waals surface area (Å²) in [5.41, 5.74) is 2.32. The molecule has 3 rings (SSSR count). The molecule has 0 aliphatic carbocycles. The zero-order valence-electron chi connectivity index (χ0n) is 18.0. The zero-order valence-corrected chi connectivity index (χ0v) is 18.0. The van der Waals surface area contributed by atoms with E-state index in [1.165, 1.54) is 0 Å². The van der Waals surface area contributed by atoms with Crippen LogP contribution in [0.2, 0.25) is 0 Å². The normalized spacial score (nSPS) is 11.8. The van der Waals surface area contributed by atoms with Gasteiger partial charge in [-0.1, -0.05) is 86.6 Å². The van der Waals surface area contributed by atoms with E-state index in [1.807, 2.05) is 86.6 Å². The Morgan fingerprint density at radius 1 is 0.742 bits per heavy atom. The van der Waals surface area contributed by atoms with E-state index in [1.54, 1.807) is 19.2 Å². The fourth-order valence-electron chi connectivity index (χ4n) is 3.52. The van der Waals surface area contributed by atoms with E-state index >= 15 is 0 Å². The van der Waals surface area contributed by atoms with Crippen molar-refractivity contribution in [3.63, 3.8) is 0 Å². The smallest absolute Gasteiger partial charge is 0.247 e. The Labute approximate surface area is 183 Å². The summed E-state index contributed by atoms with van der Waals surface area (Å²) < 4.78 is 5.32. The Balaban J connectivity index is 1.85. The third-order valence-corrected chi connectivity index (χ3v) is 5.14. The molecule has 0 unspecified atom stereocenters. The zero-order chi connectivity index (χ0) is 22.2. The third-order valence-electron chi connectivity index (χ3n) is 5.14. The van der Waals surface area contributed by atoms with Crippen molar-refractivity contribution >= 4 is 17.5 Å². The average Bonchev–Trinajstić information content (AvgIpc) is 2.79. The Morgan fingerprint density at radius 2 is 1.26 bits per heavy atom. The number of benzene rings is 3. The van der Waals surface area contributed by atoms with Crippen LogP contribution in [-0.4, -0.2) is 25.0 Å². The van der Waals surface area contributed by atoms with Crippen molar-refractivity contribution < 1.29 is 14.3 Å². The first-order valence-corrected chi connectivity index (χ1v) is 10.4. The maximum atomic E-state index is 13.4. The molecule has 0 saturated carbocycles. The summed E-state index contributed by atoms with van der Waals surface area (Å²) >= 11 is 0. The summed E-state index contributed by atoms with van der Waals surface area (Å²) in [6.07, 6.45) is 0. The van der Waals surface area contributed by atoms with Gasteiger partial charge in [0.2, 0.25) is 11.8 Å². The molecule has 2 amide bonds. The number of para-hydroxylation sites is 2. The van der Waals surface area contributed by atoms with Gasteiger partial charge in [-0.05, 0) is 29.2 Å². The molecule has 2 N–H and O–H groups in total. The first-order valence-electron chi connectivity index (χ1n) is 10.4. The SMILES string of the molecule is COc1ccccc1NC(=O)[C@H](NC(=O)C(c1ccccc1)c1ccccc1)C(C)C. The molecule has 0 bridgehead atoms. The van der Waals surface area contributed by atoms with Crippen molar-refractivity contribution in [1.82, 2.24) is 5.32 Å². The largest absolute Gasteiger partial charge is 0.495 e. The van der Waals surface area contributed by atoms with Gasteiger partial charge in [0.25, 0.3) is 0 Å². The van der Waals surface area contributed by atoms with Crippen LogP contribution in [0.4, 0.5) is 5.69 Å². The minimum absolute atomic E-state index is 0.106. The van der Waals surface area contributed by atoms with Gasteiger partial charge in [-0.25, -0.2) is 0 Å². The molecule has 5 nitrogen and oxygen atoms in total. The number of carbonyl (C=O) groups excluding carboxylic acids is 2. The maximum Gasteiger partial charge on any atom is 0.247 e. The standard InChI is InChI=1S/C26H28N2O3/c1-18(2)24(26(30)27-21-16-10-11-17-22(21)31-3)28-25(29)23(19-12-6-4-7-13-19)20-14-8-5-9-15-20/h4-18,23-24H,1-3H3,(H,27,30)(H,28,29)/t24-/m1/s1. The summed E-state index contributed by atoms with van der Waals surface area (Å²) in [5, 5.41) is 5.87. The Morgan fingerprint density at radius 3 is 1.77 bits per heavy atom.